The fraction of sp³-hybridized carbons (Fsp3) is 0.574. The van der Waals surface area contributed by atoms with Gasteiger partial charge in [0.2, 0.25) is 11.8 Å². The van der Waals surface area contributed by atoms with Crippen molar-refractivity contribution >= 4 is 52.3 Å². The Labute approximate surface area is 459 Å². The second-order valence-electron chi connectivity index (χ2n) is 23.2. The fourth-order valence-corrected chi connectivity index (χ4v) is 12.2. The van der Waals surface area contributed by atoms with Crippen molar-refractivity contribution in [2.45, 2.75) is 155 Å². The second-order valence-corrected chi connectivity index (χ2v) is 23.2. The number of cyclic esters (lactones) is 1. The fourth-order valence-electron chi connectivity index (χ4n) is 12.2. The summed E-state index contributed by atoms with van der Waals surface area (Å²) in [4.78, 5) is 82.3. The summed E-state index contributed by atoms with van der Waals surface area (Å²) in [7, 11) is 3.24. The van der Waals surface area contributed by atoms with Crippen LogP contribution in [0.15, 0.2) is 59.7 Å². The number of aliphatic imine (C=N–C) groups is 1. The lowest BCUT2D eigenvalue weighted by Gasteiger charge is -2.41. The Morgan fingerprint density at radius 1 is 1.03 bits per heavy atom. The van der Waals surface area contributed by atoms with Gasteiger partial charge in [0.25, 0.3) is 18.2 Å². The Hall–Kier alpha value is -6.22. The van der Waals surface area contributed by atoms with Crippen molar-refractivity contribution in [2.24, 2.45) is 22.2 Å². The standard InChI is InChI=1S/C61H80F2N8O7/c1-11-45(52(64-12-2)38(4)77-10)54-47-35-60(5,6)37-78-59(76)48-20-16-28-71(66-48)58(75)49(32-39-30-43(33-44(31-39)55(62)63)41-21-22-50(46(47)34-41)70(54)13-3)65-56(73)53(40-18-14-15-19-40)67(9)57(74)42-24-29-68(36-42)51(72)23-25-61(7,8)69-26-17-27-69/h11-12,21-22,30-31,33-34,38,40,42,48-49,53,55,66H,1,13-20,24,26-29,32,35-37H2,2-10H3,(H,65,73)/b52-45+,64-12?/t38-,42-,48-,49-,53-/m0/s1. The van der Waals surface area contributed by atoms with Crippen LogP contribution in [-0.4, -0.2) is 143 Å². The number of hydrogen-bond acceptors (Lipinski definition) is 10. The van der Waals surface area contributed by atoms with Crippen LogP contribution in [0.25, 0.3) is 27.6 Å². The topological polar surface area (TPSA) is 158 Å². The van der Waals surface area contributed by atoms with Gasteiger partial charge in [0.15, 0.2) is 0 Å². The number of alkyl halides is 2. The lowest BCUT2D eigenvalue weighted by atomic mass is 9.84. The number of hydrazine groups is 1. The van der Waals surface area contributed by atoms with E-state index in [0.717, 1.165) is 60.1 Å². The summed E-state index contributed by atoms with van der Waals surface area (Å²) in [6, 6.07) is 7.38. The first-order valence-electron chi connectivity index (χ1n) is 28.0. The number of amides is 4. The van der Waals surface area contributed by atoms with Gasteiger partial charge in [-0.2, -0.15) is 0 Å². The van der Waals surface area contributed by atoms with Crippen LogP contribution >= 0.6 is 0 Å². The Kier molecular flexibility index (Phi) is 18.1. The van der Waals surface area contributed by atoms with Crippen molar-refractivity contribution in [2.75, 3.05) is 53.5 Å². The summed E-state index contributed by atoms with van der Waals surface area (Å²) < 4.78 is 44.6. The Morgan fingerprint density at radius 2 is 1.77 bits per heavy atom. The van der Waals surface area contributed by atoms with Crippen LogP contribution in [0.4, 0.5) is 8.78 Å². The third kappa shape index (κ3) is 12.5. The van der Waals surface area contributed by atoms with Gasteiger partial charge in [-0.25, -0.2) is 14.2 Å². The van der Waals surface area contributed by atoms with E-state index in [1.54, 1.807) is 37.4 Å². The van der Waals surface area contributed by atoms with Crippen LogP contribution in [0.5, 0.6) is 0 Å². The number of fused-ring (bicyclic) bond motifs is 6. The Bertz CT molecular complexity index is 2910. The molecule has 6 bridgehead atoms. The maximum absolute atomic E-state index is 15.2. The number of methoxy groups -OCH3 is 1. The SMILES string of the molecule is C=C/C(=C(\N=CC)[C@H](C)OC)c1c2c3cc(ccc3n1CC)-c1cc(cc(C(F)F)c1)C[C@H](NC(=O)[C@H](C1CCCC1)N(C)C(=O)[C@H]1CCN(C(=O)C#CC(C)(C)N3CCC3)C1)C(=O)N1CCC[C@H](N1)C(=O)OCC(C)(C)C2. The molecule has 420 valence electrons. The number of esters is 1. The molecular formula is C61H80F2N8O7. The minimum Gasteiger partial charge on any atom is -0.464 e. The molecule has 5 aliphatic rings. The average molecular weight is 1080 g/mol. The second kappa shape index (κ2) is 24.4. The zero-order valence-corrected chi connectivity index (χ0v) is 47.2. The molecule has 3 saturated heterocycles. The number of allylic oxidation sites excluding steroid dienone is 2. The average Bonchev–Trinajstić information content (AvgIpc) is 4.29. The molecule has 0 unspecified atom stereocenters. The molecule has 5 atom stereocenters. The highest BCUT2D eigenvalue weighted by molar-refractivity contribution is 5.97. The van der Waals surface area contributed by atoms with Crippen LogP contribution in [0, 0.1) is 29.1 Å². The molecule has 4 aliphatic heterocycles. The minimum atomic E-state index is -2.87. The third-order valence-corrected chi connectivity index (χ3v) is 16.7. The number of aryl methyl sites for hydroxylation is 1. The van der Waals surface area contributed by atoms with Gasteiger partial charge in [0.1, 0.15) is 18.1 Å². The number of carbonyl (C=O) groups is 5. The van der Waals surface area contributed by atoms with E-state index in [1.807, 2.05) is 59.7 Å². The zero-order valence-electron chi connectivity index (χ0n) is 47.2. The summed E-state index contributed by atoms with van der Waals surface area (Å²) in [6.07, 6.45) is 5.91. The first kappa shape index (κ1) is 57.9. The van der Waals surface area contributed by atoms with E-state index in [-0.39, 0.29) is 49.4 Å². The normalized spacial score (nSPS) is 22.5. The quantitative estimate of drug-likeness (QED) is 0.0744. The number of nitrogens with zero attached hydrogens (tertiary/aromatic N) is 6. The highest BCUT2D eigenvalue weighted by Crippen LogP contribution is 2.41. The molecule has 4 fully saturated rings. The molecule has 1 aliphatic carbocycles. The summed E-state index contributed by atoms with van der Waals surface area (Å²) in [5.41, 5.74) is 7.45. The zero-order chi connectivity index (χ0) is 56.2. The van der Waals surface area contributed by atoms with Gasteiger partial charge in [-0.05, 0) is 132 Å². The van der Waals surface area contributed by atoms with Crippen LogP contribution in [0.3, 0.4) is 0 Å². The molecule has 4 amide bonds. The number of ether oxygens (including phenoxy) is 2. The molecule has 0 radical (unpaired) electrons. The summed E-state index contributed by atoms with van der Waals surface area (Å²) in [5, 5.41) is 5.25. The predicted molar refractivity (Wildman–Crippen MR) is 299 cm³/mol. The molecule has 15 nitrogen and oxygen atoms in total. The molecule has 1 aromatic heterocycles. The molecular weight excluding hydrogens is 995 g/mol. The molecule has 5 heterocycles. The number of likely N-dealkylation sites (N-methyl/N-ethyl adjacent to an activating group) is 1. The van der Waals surface area contributed by atoms with E-state index < -0.39 is 65.3 Å². The highest BCUT2D eigenvalue weighted by Gasteiger charge is 2.43. The van der Waals surface area contributed by atoms with Crippen molar-refractivity contribution in [3.63, 3.8) is 0 Å². The largest absolute Gasteiger partial charge is 0.464 e. The maximum Gasteiger partial charge on any atom is 0.324 e. The van der Waals surface area contributed by atoms with Crippen LogP contribution in [0.1, 0.15) is 129 Å². The number of likely N-dealkylation sites (tertiary alicyclic amines) is 2. The molecule has 0 spiro atoms. The highest BCUT2D eigenvalue weighted by atomic mass is 19.3. The van der Waals surface area contributed by atoms with Crippen molar-refractivity contribution in [3.05, 3.63) is 77.1 Å². The van der Waals surface area contributed by atoms with Gasteiger partial charge in [-0.1, -0.05) is 63.5 Å². The van der Waals surface area contributed by atoms with Gasteiger partial charge in [0, 0.05) is 93.5 Å². The smallest absolute Gasteiger partial charge is 0.324 e. The Balaban J connectivity index is 1.18. The lowest BCUT2D eigenvalue weighted by Crippen LogP contribution is -2.62. The minimum absolute atomic E-state index is 0.0330. The van der Waals surface area contributed by atoms with E-state index in [9.17, 15) is 14.4 Å². The molecule has 8 rings (SSSR count). The summed E-state index contributed by atoms with van der Waals surface area (Å²) in [6.45, 7) is 21.3. The third-order valence-electron chi connectivity index (χ3n) is 16.7. The number of carbonyl (C=O) groups excluding carboxylic acids is 5. The van der Waals surface area contributed by atoms with E-state index in [1.165, 1.54) is 22.0 Å². The van der Waals surface area contributed by atoms with Gasteiger partial charge < -0.3 is 29.2 Å². The number of rotatable bonds is 13. The number of benzene rings is 2. The van der Waals surface area contributed by atoms with E-state index in [2.05, 4.69) is 45.6 Å². The van der Waals surface area contributed by atoms with Gasteiger partial charge in [-0.15, -0.1) is 0 Å². The summed E-state index contributed by atoms with van der Waals surface area (Å²) in [5.74, 6) is 2.92. The van der Waals surface area contributed by atoms with Gasteiger partial charge >= 0.3 is 5.97 Å². The monoisotopic (exact) mass is 1070 g/mol. The van der Waals surface area contributed by atoms with Crippen molar-refractivity contribution in [1.29, 1.82) is 0 Å². The number of hydrogen-bond donors (Lipinski definition) is 2. The van der Waals surface area contributed by atoms with Gasteiger partial charge in [0.05, 0.1) is 35.6 Å². The molecule has 2 aromatic carbocycles. The van der Waals surface area contributed by atoms with E-state index in [0.29, 0.717) is 74.0 Å². The molecule has 3 aromatic rings. The van der Waals surface area contributed by atoms with Crippen molar-refractivity contribution < 1.29 is 42.2 Å². The molecule has 78 heavy (non-hydrogen) atoms. The first-order chi connectivity index (χ1) is 37.2. The number of nitrogens with one attached hydrogen (secondary N) is 2. The number of halogens is 2. The van der Waals surface area contributed by atoms with Gasteiger partial charge in [-0.3, -0.25) is 38.9 Å². The van der Waals surface area contributed by atoms with Crippen molar-refractivity contribution in [1.82, 2.24) is 35.0 Å². The first-order valence-corrected chi connectivity index (χ1v) is 28.0. The van der Waals surface area contributed by atoms with Crippen LogP contribution < -0.4 is 10.7 Å². The Morgan fingerprint density at radius 3 is 2.42 bits per heavy atom. The van der Waals surface area contributed by atoms with E-state index >= 15 is 18.4 Å². The number of aromatic nitrogens is 1. The van der Waals surface area contributed by atoms with Crippen molar-refractivity contribution in [3.8, 4) is 23.0 Å². The van der Waals surface area contributed by atoms with Crippen LogP contribution in [0.2, 0.25) is 0 Å². The van der Waals surface area contributed by atoms with Crippen LogP contribution in [-0.2, 0) is 52.8 Å². The maximum atomic E-state index is 15.2. The molecule has 1 saturated carbocycles. The lowest BCUT2D eigenvalue weighted by molar-refractivity contribution is -0.155. The molecule has 2 N–H and O–H groups in total. The summed E-state index contributed by atoms with van der Waals surface area (Å²) >= 11 is 0. The van der Waals surface area contributed by atoms with E-state index in [4.69, 9.17) is 14.5 Å². The predicted octanol–water partition coefficient (Wildman–Crippen LogP) is 8.29. The molecule has 17 heteroatoms.